The predicted octanol–water partition coefficient (Wildman–Crippen LogP) is 5.18. The number of hydrogen-bond acceptors (Lipinski definition) is 3. The molecule has 0 atom stereocenters. The van der Waals surface area contributed by atoms with Gasteiger partial charge in [-0.3, -0.25) is 14.2 Å². The van der Waals surface area contributed by atoms with E-state index in [4.69, 9.17) is 0 Å². The normalized spacial score (nSPS) is 11.6. The number of nitrogens with one attached hydrogen (secondary N) is 1. The van der Waals surface area contributed by atoms with E-state index in [0.717, 1.165) is 12.3 Å². The van der Waals surface area contributed by atoms with Crippen LogP contribution in [0.4, 0.5) is 23.4 Å². The van der Waals surface area contributed by atoms with Gasteiger partial charge in [0, 0.05) is 42.2 Å². The average molecular weight is 414 g/mol. The van der Waals surface area contributed by atoms with Crippen LogP contribution in [0.15, 0.2) is 61.1 Å². The minimum atomic E-state index is -4.52. The number of carbonyl (C=O) groups excluding carboxylic acids is 1. The van der Waals surface area contributed by atoms with Crippen molar-refractivity contribution < 1.29 is 22.4 Å². The number of halogens is 4. The first-order chi connectivity index (χ1) is 14.2. The maximum absolute atomic E-state index is 13.8. The lowest BCUT2D eigenvalue weighted by atomic mass is 10.1. The van der Waals surface area contributed by atoms with Crippen molar-refractivity contribution in [2.75, 3.05) is 5.32 Å². The van der Waals surface area contributed by atoms with Crippen molar-refractivity contribution in [1.29, 1.82) is 0 Å². The third kappa shape index (κ3) is 3.73. The Hall–Kier alpha value is -3.75. The molecule has 5 nitrogen and oxygen atoms in total. The number of aromatic nitrogens is 3. The van der Waals surface area contributed by atoms with Gasteiger partial charge in [-0.15, -0.1) is 0 Å². The Balaban J connectivity index is 1.92. The fourth-order valence-corrected chi connectivity index (χ4v) is 3.13. The molecule has 1 N–H and O–H groups in total. The molecule has 0 aliphatic carbocycles. The van der Waals surface area contributed by atoms with E-state index in [-0.39, 0.29) is 17.3 Å². The molecule has 3 heterocycles. The van der Waals surface area contributed by atoms with Gasteiger partial charge in [-0.2, -0.15) is 13.2 Å². The van der Waals surface area contributed by atoms with Crippen LogP contribution in [0.1, 0.15) is 12.5 Å². The summed E-state index contributed by atoms with van der Waals surface area (Å²) in [6.07, 6.45) is -0.866. The van der Waals surface area contributed by atoms with E-state index < -0.39 is 17.6 Å². The number of nitrogens with zero attached hydrogens (tertiary/aromatic N) is 3. The van der Waals surface area contributed by atoms with Crippen LogP contribution < -0.4 is 5.32 Å². The lowest BCUT2D eigenvalue weighted by Gasteiger charge is -2.10. The second kappa shape index (κ2) is 7.25. The summed E-state index contributed by atoms with van der Waals surface area (Å²) in [5.74, 6) is -0.625. The SMILES string of the molecule is CC(=O)Nc1nc2ccc(-c3cncc(C(F)(F)F)c3)cn2c1-c1cccc(F)c1. The second-order valence-electron chi connectivity index (χ2n) is 6.61. The lowest BCUT2D eigenvalue weighted by molar-refractivity contribution is -0.137. The molecule has 0 aliphatic rings. The Morgan fingerprint density at radius 3 is 2.53 bits per heavy atom. The molecule has 4 aromatic rings. The summed E-state index contributed by atoms with van der Waals surface area (Å²) < 4.78 is 54.6. The first-order valence-corrected chi connectivity index (χ1v) is 8.80. The molecule has 1 amide bonds. The van der Waals surface area contributed by atoms with Crippen LogP contribution in [0.2, 0.25) is 0 Å². The van der Waals surface area contributed by atoms with Crippen LogP contribution in [-0.4, -0.2) is 20.3 Å². The highest BCUT2D eigenvalue weighted by atomic mass is 19.4. The molecule has 9 heteroatoms. The van der Waals surface area contributed by atoms with Crippen LogP contribution in [0.3, 0.4) is 0 Å². The van der Waals surface area contributed by atoms with E-state index in [2.05, 4.69) is 15.3 Å². The highest BCUT2D eigenvalue weighted by Crippen LogP contribution is 2.34. The number of hydrogen-bond donors (Lipinski definition) is 1. The number of carbonyl (C=O) groups is 1. The first kappa shape index (κ1) is 19.6. The van der Waals surface area contributed by atoms with Crippen molar-refractivity contribution >= 4 is 17.4 Å². The molecule has 0 unspecified atom stereocenters. The van der Waals surface area contributed by atoms with Crippen molar-refractivity contribution in [1.82, 2.24) is 14.4 Å². The van der Waals surface area contributed by atoms with Gasteiger partial charge < -0.3 is 5.32 Å². The maximum atomic E-state index is 13.8. The largest absolute Gasteiger partial charge is 0.417 e. The van der Waals surface area contributed by atoms with Gasteiger partial charge in [-0.05, 0) is 30.3 Å². The number of benzene rings is 1. The third-order valence-electron chi connectivity index (χ3n) is 4.41. The average Bonchev–Trinajstić information content (AvgIpc) is 3.03. The summed E-state index contributed by atoms with van der Waals surface area (Å²) in [5.41, 5.74) is 1.13. The van der Waals surface area contributed by atoms with Gasteiger partial charge >= 0.3 is 6.18 Å². The fraction of sp³-hybridized carbons (Fsp3) is 0.0952. The second-order valence-corrected chi connectivity index (χ2v) is 6.61. The van der Waals surface area contributed by atoms with Crippen molar-refractivity contribution in [2.45, 2.75) is 13.1 Å². The topological polar surface area (TPSA) is 59.3 Å². The third-order valence-corrected chi connectivity index (χ3v) is 4.41. The van der Waals surface area contributed by atoms with Crippen LogP contribution in [0, 0.1) is 5.82 Å². The molecule has 0 fully saturated rings. The molecule has 152 valence electrons. The molecule has 0 radical (unpaired) electrons. The van der Waals surface area contributed by atoms with Crippen LogP contribution >= 0.6 is 0 Å². The molecule has 0 aliphatic heterocycles. The fourth-order valence-electron chi connectivity index (χ4n) is 3.13. The molecule has 0 spiro atoms. The number of rotatable bonds is 3. The monoisotopic (exact) mass is 414 g/mol. The van der Waals surface area contributed by atoms with Gasteiger partial charge in [-0.1, -0.05) is 12.1 Å². The molecule has 1 aromatic carbocycles. The first-order valence-electron chi connectivity index (χ1n) is 8.80. The standard InChI is InChI=1S/C21H14F4N4O/c1-12(30)27-20-19(13-3-2-4-17(22)8-13)29-11-14(5-6-18(29)28-20)15-7-16(10-26-9-15)21(23,24)25/h2-11H,1H3,(H,27,30). The summed E-state index contributed by atoms with van der Waals surface area (Å²) in [6, 6.07) is 9.94. The van der Waals surface area contributed by atoms with E-state index in [1.165, 1.54) is 31.3 Å². The highest BCUT2D eigenvalue weighted by molar-refractivity contribution is 5.93. The Kier molecular flexibility index (Phi) is 4.73. The Bertz CT molecular complexity index is 1260. The molecule has 0 saturated heterocycles. The number of imidazole rings is 1. The molecule has 3 aromatic heterocycles. The zero-order chi connectivity index (χ0) is 21.5. The summed E-state index contributed by atoms with van der Waals surface area (Å²) in [7, 11) is 0. The van der Waals surface area contributed by atoms with Crippen molar-refractivity contribution in [3.8, 4) is 22.4 Å². The predicted molar refractivity (Wildman–Crippen MR) is 103 cm³/mol. The van der Waals surface area contributed by atoms with Crippen molar-refractivity contribution in [2.24, 2.45) is 0 Å². The molecular formula is C21H14F4N4O. The summed E-state index contributed by atoms with van der Waals surface area (Å²) in [6.45, 7) is 1.32. The minimum absolute atomic E-state index is 0.215. The van der Waals surface area contributed by atoms with Gasteiger partial charge in [0.2, 0.25) is 5.91 Å². The van der Waals surface area contributed by atoms with Crippen molar-refractivity contribution in [3.05, 3.63) is 72.4 Å². The van der Waals surface area contributed by atoms with Crippen LogP contribution in [0.5, 0.6) is 0 Å². The van der Waals surface area contributed by atoms with E-state index in [1.807, 2.05) is 0 Å². The summed E-state index contributed by atoms with van der Waals surface area (Å²) in [4.78, 5) is 19.7. The summed E-state index contributed by atoms with van der Waals surface area (Å²) >= 11 is 0. The van der Waals surface area contributed by atoms with Gasteiger partial charge in [0.1, 0.15) is 11.5 Å². The number of alkyl halides is 3. The van der Waals surface area contributed by atoms with Crippen LogP contribution in [-0.2, 0) is 11.0 Å². The summed E-state index contributed by atoms with van der Waals surface area (Å²) in [5, 5.41) is 2.61. The smallest absolute Gasteiger partial charge is 0.309 e. The molecule has 4 rings (SSSR count). The van der Waals surface area contributed by atoms with Crippen LogP contribution in [0.25, 0.3) is 28.0 Å². The van der Waals surface area contributed by atoms with Gasteiger partial charge in [0.05, 0.1) is 11.3 Å². The van der Waals surface area contributed by atoms with E-state index >= 15 is 0 Å². The molecule has 0 bridgehead atoms. The van der Waals surface area contributed by atoms with E-state index in [1.54, 1.807) is 28.8 Å². The van der Waals surface area contributed by atoms with Gasteiger partial charge in [-0.25, -0.2) is 9.37 Å². The van der Waals surface area contributed by atoms with E-state index in [9.17, 15) is 22.4 Å². The highest BCUT2D eigenvalue weighted by Gasteiger charge is 2.31. The zero-order valence-corrected chi connectivity index (χ0v) is 15.5. The van der Waals surface area contributed by atoms with Gasteiger partial charge in [0.15, 0.2) is 5.82 Å². The number of amides is 1. The maximum Gasteiger partial charge on any atom is 0.417 e. The number of fused-ring (bicyclic) bond motifs is 1. The van der Waals surface area contributed by atoms with Gasteiger partial charge in [0.25, 0.3) is 0 Å². The Morgan fingerprint density at radius 1 is 1.03 bits per heavy atom. The zero-order valence-electron chi connectivity index (χ0n) is 15.5. The Labute approximate surface area is 168 Å². The lowest BCUT2D eigenvalue weighted by Crippen LogP contribution is -2.07. The Morgan fingerprint density at radius 2 is 1.83 bits per heavy atom. The quantitative estimate of drug-likeness (QED) is 0.470. The number of pyridine rings is 2. The molecule has 30 heavy (non-hydrogen) atoms. The number of anilines is 1. The van der Waals surface area contributed by atoms with Crippen molar-refractivity contribution in [3.63, 3.8) is 0 Å². The molecule has 0 saturated carbocycles. The minimum Gasteiger partial charge on any atom is -0.309 e. The van der Waals surface area contributed by atoms with E-state index in [0.29, 0.717) is 22.5 Å². The molecular weight excluding hydrogens is 400 g/mol.